The van der Waals surface area contributed by atoms with Crippen LogP contribution in [0.1, 0.15) is 36.2 Å². The summed E-state index contributed by atoms with van der Waals surface area (Å²) in [6, 6.07) is 18.2. The fraction of sp³-hybridized carbons (Fsp3) is 0.400. The van der Waals surface area contributed by atoms with E-state index in [1.165, 1.54) is 5.56 Å². The Morgan fingerprint density at radius 1 is 0.875 bits per heavy atom. The molecule has 0 aromatic heterocycles. The van der Waals surface area contributed by atoms with Gasteiger partial charge in [-0.15, -0.1) is 0 Å². The molecule has 0 N–H and O–H groups in total. The minimum absolute atomic E-state index is 0.000905. The van der Waals surface area contributed by atoms with Crippen molar-refractivity contribution in [2.45, 2.75) is 31.3 Å². The lowest BCUT2D eigenvalue weighted by molar-refractivity contribution is -0.181. The highest BCUT2D eigenvalue weighted by Gasteiger charge is 2.35. The van der Waals surface area contributed by atoms with Crippen LogP contribution in [0.25, 0.3) is 0 Å². The van der Waals surface area contributed by atoms with Crippen LogP contribution < -0.4 is 0 Å². The van der Waals surface area contributed by atoms with E-state index >= 15 is 0 Å². The highest BCUT2D eigenvalue weighted by atomic mass is 35.5. The maximum absolute atomic E-state index is 6.41. The number of methoxy groups -OCH3 is 2. The zero-order valence-electron chi connectivity index (χ0n) is 14.0. The zero-order valence-corrected chi connectivity index (χ0v) is 14.8. The lowest BCUT2D eigenvalue weighted by atomic mass is 9.86. The van der Waals surface area contributed by atoms with Gasteiger partial charge in [0, 0.05) is 25.2 Å². The number of hydrogen-bond donors (Lipinski definition) is 0. The van der Waals surface area contributed by atoms with Crippen molar-refractivity contribution in [2.24, 2.45) is 5.92 Å². The van der Waals surface area contributed by atoms with E-state index in [-0.39, 0.29) is 24.4 Å². The molecule has 128 valence electrons. The van der Waals surface area contributed by atoms with Crippen molar-refractivity contribution >= 4 is 11.6 Å². The molecular formula is C20H23ClO3. The van der Waals surface area contributed by atoms with Gasteiger partial charge >= 0.3 is 0 Å². The van der Waals surface area contributed by atoms with Crippen LogP contribution in [0.4, 0.5) is 0 Å². The number of halogens is 1. The first-order chi connectivity index (χ1) is 11.7. The molecular weight excluding hydrogens is 324 g/mol. The Labute approximate surface area is 148 Å². The van der Waals surface area contributed by atoms with Crippen molar-refractivity contribution in [2.75, 3.05) is 14.2 Å². The first kappa shape index (κ1) is 17.4. The van der Waals surface area contributed by atoms with E-state index in [1.54, 1.807) is 14.2 Å². The fourth-order valence-corrected chi connectivity index (χ4v) is 3.56. The standard InChI is InChI=1S/C20H23ClO3/c1-22-20(23-2)16-12-18(14-6-4-3-5-7-14)24-19(13-16)15-8-10-17(21)11-9-15/h3-11,16,18-20H,12-13H2,1-2H3/t16-,18-,19+/m1/s1. The normalized spacial score (nSPS) is 24.2. The number of ether oxygens (including phenoxy) is 3. The minimum Gasteiger partial charge on any atom is -0.366 e. The van der Waals surface area contributed by atoms with Crippen molar-refractivity contribution in [3.05, 3.63) is 70.7 Å². The van der Waals surface area contributed by atoms with Crippen LogP contribution in [0.5, 0.6) is 0 Å². The van der Waals surface area contributed by atoms with E-state index in [0.29, 0.717) is 0 Å². The topological polar surface area (TPSA) is 27.7 Å². The molecule has 24 heavy (non-hydrogen) atoms. The molecule has 3 atom stereocenters. The summed E-state index contributed by atoms with van der Waals surface area (Å²) in [4.78, 5) is 0. The fourth-order valence-electron chi connectivity index (χ4n) is 3.43. The predicted molar refractivity (Wildman–Crippen MR) is 95.0 cm³/mol. The van der Waals surface area contributed by atoms with E-state index < -0.39 is 0 Å². The Hall–Kier alpha value is -1.39. The van der Waals surface area contributed by atoms with Gasteiger partial charge in [0.15, 0.2) is 6.29 Å². The van der Waals surface area contributed by atoms with Crippen molar-refractivity contribution in [3.8, 4) is 0 Å². The number of hydrogen-bond acceptors (Lipinski definition) is 3. The Kier molecular flexibility index (Phi) is 5.90. The van der Waals surface area contributed by atoms with Gasteiger partial charge in [0.05, 0.1) is 12.2 Å². The van der Waals surface area contributed by atoms with Gasteiger partial charge in [-0.05, 0) is 36.1 Å². The van der Waals surface area contributed by atoms with Crippen LogP contribution in [0, 0.1) is 5.92 Å². The highest BCUT2D eigenvalue weighted by Crippen LogP contribution is 2.43. The molecule has 0 amide bonds. The summed E-state index contributed by atoms with van der Waals surface area (Å²) in [6.45, 7) is 0. The minimum atomic E-state index is -0.227. The monoisotopic (exact) mass is 346 g/mol. The van der Waals surface area contributed by atoms with Gasteiger partial charge in [0.2, 0.25) is 0 Å². The van der Waals surface area contributed by atoms with Gasteiger partial charge in [0.1, 0.15) is 0 Å². The molecule has 0 unspecified atom stereocenters. The lowest BCUT2D eigenvalue weighted by Crippen LogP contribution is -2.33. The van der Waals surface area contributed by atoms with Crippen molar-refractivity contribution in [1.29, 1.82) is 0 Å². The third-order valence-corrected chi connectivity index (χ3v) is 4.88. The molecule has 4 heteroatoms. The molecule has 1 heterocycles. The first-order valence-corrected chi connectivity index (χ1v) is 8.60. The van der Waals surface area contributed by atoms with Gasteiger partial charge in [-0.25, -0.2) is 0 Å². The van der Waals surface area contributed by atoms with Crippen LogP contribution in [0.3, 0.4) is 0 Å². The van der Waals surface area contributed by atoms with Crippen molar-refractivity contribution in [3.63, 3.8) is 0 Å². The van der Waals surface area contributed by atoms with Gasteiger partial charge < -0.3 is 14.2 Å². The molecule has 1 saturated heterocycles. The van der Waals surface area contributed by atoms with Gasteiger partial charge in [-0.1, -0.05) is 54.1 Å². The quantitative estimate of drug-likeness (QED) is 0.699. The highest BCUT2D eigenvalue weighted by molar-refractivity contribution is 6.30. The Morgan fingerprint density at radius 3 is 1.96 bits per heavy atom. The third-order valence-electron chi connectivity index (χ3n) is 4.62. The van der Waals surface area contributed by atoms with Crippen molar-refractivity contribution < 1.29 is 14.2 Å². The van der Waals surface area contributed by atoms with E-state index in [4.69, 9.17) is 25.8 Å². The number of rotatable bonds is 5. The summed E-state index contributed by atoms with van der Waals surface area (Å²) in [5.41, 5.74) is 2.32. The van der Waals surface area contributed by atoms with E-state index in [9.17, 15) is 0 Å². The van der Waals surface area contributed by atoms with Gasteiger partial charge in [-0.2, -0.15) is 0 Å². The van der Waals surface area contributed by atoms with Crippen LogP contribution >= 0.6 is 11.6 Å². The largest absolute Gasteiger partial charge is 0.366 e. The number of benzene rings is 2. The summed E-state index contributed by atoms with van der Waals surface area (Å²) >= 11 is 6.02. The van der Waals surface area contributed by atoms with Gasteiger partial charge in [-0.3, -0.25) is 0 Å². The molecule has 1 aliphatic heterocycles. The maximum Gasteiger partial charge on any atom is 0.159 e. The zero-order chi connectivity index (χ0) is 16.9. The Morgan fingerprint density at radius 2 is 1.42 bits per heavy atom. The Balaban J connectivity index is 1.86. The smallest absolute Gasteiger partial charge is 0.159 e. The summed E-state index contributed by atoms with van der Waals surface area (Å²) in [5.74, 6) is 0.264. The second-order valence-electron chi connectivity index (χ2n) is 6.15. The SMILES string of the molecule is COC(OC)[C@H]1C[C@@H](c2ccc(Cl)cc2)O[C@@H](c2ccccc2)C1. The predicted octanol–water partition coefficient (Wildman–Crippen LogP) is 5.17. The molecule has 0 saturated carbocycles. The van der Waals surface area contributed by atoms with Crippen LogP contribution in [0.2, 0.25) is 5.02 Å². The molecule has 2 aromatic rings. The van der Waals surface area contributed by atoms with E-state index in [2.05, 4.69) is 12.1 Å². The molecule has 1 fully saturated rings. The van der Waals surface area contributed by atoms with E-state index in [1.807, 2.05) is 42.5 Å². The molecule has 0 spiro atoms. The first-order valence-electron chi connectivity index (χ1n) is 8.22. The summed E-state index contributed by atoms with van der Waals surface area (Å²) in [6.07, 6.45) is 1.53. The van der Waals surface area contributed by atoms with E-state index in [0.717, 1.165) is 23.4 Å². The molecule has 0 radical (unpaired) electrons. The molecule has 3 rings (SSSR count). The average Bonchev–Trinajstić information content (AvgIpc) is 2.64. The maximum atomic E-state index is 6.41. The van der Waals surface area contributed by atoms with Gasteiger partial charge in [0.25, 0.3) is 0 Å². The van der Waals surface area contributed by atoms with Crippen molar-refractivity contribution in [1.82, 2.24) is 0 Å². The average molecular weight is 347 g/mol. The van der Waals surface area contributed by atoms with Crippen LogP contribution in [-0.2, 0) is 14.2 Å². The molecule has 3 nitrogen and oxygen atoms in total. The molecule has 0 aliphatic carbocycles. The summed E-state index contributed by atoms with van der Waals surface area (Å²) in [7, 11) is 3.39. The lowest BCUT2D eigenvalue weighted by Gasteiger charge is -2.38. The third kappa shape index (κ3) is 3.98. The molecule has 2 aromatic carbocycles. The van der Waals surface area contributed by atoms with Crippen LogP contribution in [0.15, 0.2) is 54.6 Å². The second-order valence-corrected chi connectivity index (χ2v) is 6.58. The van der Waals surface area contributed by atoms with Crippen LogP contribution in [-0.4, -0.2) is 20.5 Å². The Bertz CT molecular complexity index is 625. The second kappa shape index (κ2) is 8.13. The molecule has 0 bridgehead atoms. The summed E-state index contributed by atoms with van der Waals surface area (Å²) in [5, 5.41) is 0.734. The molecule has 1 aliphatic rings. The summed E-state index contributed by atoms with van der Waals surface area (Å²) < 4.78 is 17.5.